The van der Waals surface area contributed by atoms with Gasteiger partial charge in [-0.05, 0) is 72.0 Å². The molecule has 0 spiro atoms. The van der Waals surface area contributed by atoms with Crippen molar-refractivity contribution in [3.05, 3.63) is 86.6 Å². The highest BCUT2D eigenvalue weighted by Gasteiger charge is 2.34. The Balaban J connectivity index is 1.34. The molecule has 0 aliphatic carbocycles. The molecule has 6 nitrogen and oxygen atoms in total. The summed E-state index contributed by atoms with van der Waals surface area (Å²) in [7, 11) is 0. The Kier molecular flexibility index (Phi) is 8.90. The summed E-state index contributed by atoms with van der Waals surface area (Å²) in [4.78, 5) is 32.2. The van der Waals surface area contributed by atoms with Crippen molar-refractivity contribution in [2.75, 3.05) is 32.8 Å². The molecule has 8 heteroatoms. The molecule has 0 N–H and O–H groups in total. The number of carbonyl (C=O) groups is 2. The Morgan fingerprint density at radius 2 is 1.95 bits per heavy atom. The minimum absolute atomic E-state index is 0.0387. The smallest absolute Gasteiger partial charge is 0.255 e. The second-order valence-corrected chi connectivity index (χ2v) is 11.9. The van der Waals surface area contributed by atoms with E-state index in [1.165, 1.54) is 10.4 Å². The summed E-state index contributed by atoms with van der Waals surface area (Å²) in [5.41, 5.74) is 2.78. The summed E-state index contributed by atoms with van der Waals surface area (Å²) < 4.78 is 12.0. The maximum Gasteiger partial charge on any atom is 0.255 e. The summed E-state index contributed by atoms with van der Waals surface area (Å²) in [6, 6.07) is 17.0. The van der Waals surface area contributed by atoms with Gasteiger partial charge in [0.25, 0.3) is 5.91 Å². The van der Waals surface area contributed by atoms with Crippen LogP contribution in [0.1, 0.15) is 65.0 Å². The van der Waals surface area contributed by atoms with Crippen molar-refractivity contribution in [2.24, 2.45) is 0 Å². The molecule has 2 aliphatic rings. The molecule has 39 heavy (non-hydrogen) atoms. The standard InChI is InChI=1S/C31H35ClN2O4S/c1-21(2)22-9-11-23(12-10-22)38-20-28-26-14-17-39-29(26)13-15-34(28)30(35)19-33(18-24-6-5-16-37-24)31(36)25-7-3-4-8-27(25)32/h3-4,7-12,14,17,21,24,28H,5-6,13,15-16,18-20H2,1-2H3/t24-,28-/m1/s1. The summed E-state index contributed by atoms with van der Waals surface area (Å²) >= 11 is 8.09. The summed E-state index contributed by atoms with van der Waals surface area (Å²) in [5, 5.41) is 2.45. The number of fused-ring (bicyclic) bond motifs is 1. The molecule has 1 aromatic heterocycles. The fourth-order valence-corrected chi connectivity index (χ4v) is 6.46. The number of rotatable bonds is 9. The van der Waals surface area contributed by atoms with E-state index in [0.717, 1.165) is 30.6 Å². The minimum atomic E-state index is -0.254. The largest absolute Gasteiger partial charge is 0.491 e. The van der Waals surface area contributed by atoms with Gasteiger partial charge in [-0.2, -0.15) is 0 Å². The molecule has 3 aromatic rings. The van der Waals surface area contributed by atoms with Crippen LogP contribution in [0.5, 0.6) is 5.75 Å². The fourth-order valence-electron chi connectivity index (χ4n) is 5.31. The number of halogens is 1. The highest BCUT2D eigenvalue weighted by Crippen LogP contribution is 2.34. The third-order valence-electron chi connectivity index (χ3n) is 7.54. The number of carbonyl (C=O) groups excluding carboxylic acids is 2. The lowest BCUT2D eigenvalue weighted by atomic mass is 10.00. The first kappa shape index (κ1) is 27.7. The summed E-state index contributed by atoms with van der Waals surface area (Å²) in [6.45, 7) is 6.26. The van der Waals surface area contributed by atoms with Crippen molar-refractivity contribution in [1.82, 2.24) is 9.80 Å². The molecule has 1 fully saturated rings. The molecule has 0 radical (unpaired) electrons. The van der Waals surface area contributed by atoms with E-state index in [4.69, 9.17) is 21.1 Å². The van der Waals surface area contributed by atoms with Crippen LogP contribution in [0.3, 0.4) is 0 Å². The molecule has 2 atom stereocenters. The molecule has 0 bridgehead atoms. The van der Waals surface area contributed by atoms with E-state index in [0.29, 0.717) is 42.8 Å². The normalized spacial score (nSPS) is 18.7. The Morgan fingerprint density at radius 3 is 2.67 bits per heavy atom. The molecular formula is C31H35ClN2O4S. The SMILES string of the molecule is CC(C)c1ccc(OC[C@@H]2c3ccsc3CCN2C(=O)CN(C[C@H]2CCCO2)C(=O)c2ccccc2Cl)cc1. The summed E-state index contributed by atoms with van der Waals surface area (Å²) in [6.07, 6.45) is 2.54. The molecule has 2 aromatic carbocycles. The molecular weight excluding hydrogens is 532 g/mol. The van der Waals surface area contributed by atoms with Crippen LogP contribution in [0.4, 0.5) is 0 Å². The number of hydrogen-bond acceptors (Lipinski definition) is 5. The van der Waals surface area contributed by atoms with E-state index in [1.807, 2.05) is 17.0 Å². The van der Waals surface area contributed by atoms with Crippen molar-refractivity contribution >= 4 is 34.8 Å². The Morgan fingerprint density at radius 1 is 1.15 bits per heavy atom. The molecule has 2 amide bonds. The van der Waals surface area contributed by atoms with Crippen LogP contribution in [0.2, 0.25) is 5.02 Å². The Bertz CT molecular complexity index is 1290. The van der Waals surface area contributed by atoms with Gasteiger partial charge in [0.05, 0.1) is 22.7 Å². The Labute approximate surface area is 239 Å². The van der Waals surface area contributed by atoms with Gasteiger partial charge in [-0.3, -0.25) is 9.59 Å². The van der Waals surface area contributed by atoms with E-state index in [1.54, 1.807) is 40.5 Å². The highest BCUT2D eigenvalue weighted by molar-refractivity contribution is 7.10. The number of thiophene rings is 1. The van der Waals surface area contributed by atoms with Gasteiger partial charge in [-0.15, -0.1) is 11.3 Å². The number of ether oxygens (including phenoxy) is 2. The van der Waals surface area contributed by atoms with E-state index >= 15 is 0 Å². The molecule has 5 rings (SSSR count). The van der Waals surface area contributed by atoms with Crippen molar-refractivity contribution in [3.8, 4) is 5.75 Å². The zero-order chi connectivity index (χ0) is 27.4. The molecule has 3 heterocycles. The van der Waals surface area contributed by atoms with Gasteiger partial charge in [0.15, 0.2) is 0 Å². The lowest BCUT2D eigenvalue weighted by Crippen LogP contribution is -2.49. The minimum Gasteiger partial charge on any atom is -0.491 e. The van der Waals surface area contributed by atoms with Gasteiger partial charge in [0, 0.05) is 24.6 Å². The van der Waals surface area contributed by atoms with Crippen LogP contribution >= 0.6 is 22.9 Å². The predicted octanol–water partition coefficient (Wildman–Crippen LogP) is 6.35. The van der Waals surface area contributed by atoms with Crippen LogP contribution < -0.4 is 4.74 Å². The van der Waals surface area contributed by atoms with Crippen LogP contribution in [0.15, 0.2) is 60.0 Å². The first-order valence-corrected chi connectivity index (χ1v) is 14.9. The Hall–Kier alpha value is -2.87. The molecule has 206 valence electrons. The molecule has 0 saturated carbocycles. The molecule has 0 unspecified atom stereocenters. The third-order valence-corrected chi connectivity index (χ3v) is 8.86. The van der Waals surface area contributed by atoms with E-state index in [2.05, 4.69) is 37.4 Å². The van der Waals surface area contributed by atoms with E-state index in [9.17, 15) is 9.59 Å². The van der Waals surface area contributed by atoms with Crippen molar-refractivity contribution < 1.29 is 19.1 Å². The quantitative estimate of drug-likeness (QED) is 0.303. The lowest BCUT2D eigenvalue weighted by molar-refractivity contribution is -0.135. The first-order chi connectivity index (χ1) is 18.9. The van der Waals surface area contributed by atoms with Crippen molar-refractivity contribution in [3.63, 3.8) is 0 Å². The topological polar surface area (TPSA) is 59.1 Å². The van der Waals surface area contributed by atoms with Gasteiger partial charge in [0.2, 0.25) is 5.91 Å². The first-order valence-electron chi connectivity index (χ1n) is 13.6. The van der Waals surface area contributed by atoms with Gasteiger partial charge in [-0.1, -0.05) is 49.7 Å². The van der Waals surface area contributed by atoms with Crippen molar-refractivity contribution in [1.29, 1.82) is 0 Å². The van der Waals surface area contributed by atoms with Gasteiger partial charge >= 0.3 is 0 Å². The fraction of sp³-hybridized carbons (Fsp3) is 0.419. The maximum atomic E-state index is 13.9. The van der Waals surface area contributed by atoms with Gasteiger partial charge in [0.1, 0.15) is 18.9 Å². The monoisotopic (exact) mass is 566 g/mol. The molecule has 1 saturated heterocycles. The number of hydrogen-bond donors (Lipinski definition) is 0. The van der Waals surface area contributed by atoms with Gasteiger partial charge < -0.3 is 19.3 Å². The number of amides is 2. The van der Waals surface area contributed by atoms with Crippen LogP contribution in [0.25, 0.3) is 0 Å². The zero-order valence-electron chi connectivity index (χ0n) is 22.5. The highest BCUT2D eigenvalue weighted by atomic mass is 35.5. The molecule has 2 aliphatic heterocycles. The maximum absolute atomic E-state index is 13.9. The van der Waals surface area contributed by atoms with Crippen molar-refractivity contribution in [2.45, 2.75) is 51.2 Å². The number of nitrogens with zero attached hydrogens (tertiary/aromatic N) is 2. The van der Waals surface area contributed by atoms with Crippen LogP contribution in [-0.4, -0.2) is 60.6 Å². The average molecular weight is 567 g/mol. The third kappa shape index (κ3) is 6.48. The summed E-state index contributed by atoms with van der Waals surface area (Å²) in [5.74, 6) is 0.873. The van der Waals surface area contributed by atoms with Crippen LogP contribution in [-0.2, 0) is 16.0 Å². The second-order valence-electron chi connectivity index (χ2n) is 10.5. The van der Waals surface area contributed by atoms with E-state index < -0.39 is 0 Å². The van der Waals surface area contributed by atoms with E-state index in [-0.39, 0.29) is 30.5 Å². The lowest BCUT2D eigenvalue weighted by Gasteiger charge is -2.37. The predicted molar refractivity (Wildman–Crippen MR) is 155 cm³/mol. The second kappa shape index (κ2) is 12.5. The zero-order valence-corrected chi connectivity index (χ0v) is 24.0. The van der Waals surface area contributed by atoms with Crippen LogP contribution in [0, 0.1) is 0 Å². The average Bonchev–Trinajstić information content (AvgIpc) is 3.64. The number of benzene rings is 2. The van der Waals surface area contributed by atoms with Gasteiger partial charge in [-0.25, -0.2) is 0 Å².